The Kier molecular flexibility index (Phi) is 6.67. The van der Waals surface area contributed by atoms with Crippen LogP contribution in [0.4, 0.5) is 0 Å². The fraction of sp³-hybridized carbons (Fsp3) is 0.533. The highest BCUT2D eigenvalue weighted by Gasteiger charge is 2.23. The van der Waals surface area contributed by atoms with Crippen molar-refractivity contribution in [3.05, 3.63) is 34.3 Å². The van der Waals surface area contributed by atoms with E-state index in [-0.39, 0.29) is 11.9 Å². The molecule has 2 nitrogen and oxygen atoms in total. The Morgan fingerprint density at radius 3 is 2.47 bits per heavy atom. The van der Waals surface area contributed by atoms with Gasteiger partial charge >= 0.3 is 0 Å². The lowest BCUT2D eigenvalue weighted by molar-refractivity contribution is 0.0681. The molecule has 0 aliphatic carbocycles. The first kappa shape index (κ1) is 16.3. The summed E-state index contributed by atoms with van der Waals surface area (Å²) in [6, 6.07) is 5.67. The summed E-state index contributed by atoms with van der Waals surface area (Å²) in [6.45, 7) is 6.63. The second kappa shape index (κ2) is 7.76. The van der Waals surface area contributed by atoms with Crippen molar-refractivity contribution in [1.29, 1.82) is 0 Å². The van der Waals surface area contributed by atoms with E-state index in [1.54, 1.807) is 6.07 Å². The van der Waals surface area contributed by atoms with Gasteiger partial charge in [0.05, 0.1) is 0 Å². The molecule has 1 aromatic rings. The molecule has 19 heavy (non-hydrogen) atoms. The van der Waals surface area contributed by atoms with Gasteiger partial charge in [0.1, 0.15) is 0 Å². The molecule has 0 N–H and O–H groups in total. The maximum atomic E-state index is 12.7. The van der Waals surface area contributed by atoms with E-state index in [0.29, 0.717) is 23.0 Å². The summed E-state index contributed by atoms with van der Waals surface area (Å²) >= 11 is 11.9. The smallest absolute Gasteiger partial charge is 0.254 e. The summed E-state index contributed by atoms with van der Waals surface area (Å²) in [5.41, 5.74) is 1.50. The first-order chi connectivity index (χ1) is 9.06. The third-order valence-corrected chi connectivity index (χ3v) is 4.05. The predicted molar refractivity (Wildman–Crippen MR) is 82.3 cm³/mol. The highest BCUT2D eigenvalue weighted by Crippen LogP contribution is 2.22. The summed E-state index contributed by atoms with van der Waals surface area (Å²) in [5, 5.41) is 0.626. The van der Waals surface area contributed by atoms with Gasteiger partial charge in [0.15, 0.2) is 0 Å². The molecule has 0 aliphatic heterocycles. The summed E-state index contributed by atoms with van der Waals surface area (Å²) in [7, 11) is 0. The van der Waals surface area contributed by atoms with Gasteiger partial charge in [0, 0.05) is 29.1 Å². The fourth-order valence-corrected chi connectivity index (χ4v) is 2.62. The summed E-state index contributed by atoms with van der Waals surface area (Å²) < 4.78 is 0. The van der Waals surface area contributed by atoms with Crippen molar-refractivity contribution in [2.45, 2.75) is 39.7 Å². The monoisotopic (exact) mass is 301 g/mol. The van der Waals surface area contributed by atoms with Crippen molar-refractivity contribution in [1.82, 2.24) is 4.90 Å². The molecule has 1 aromatic carbocycles. The number of hydrogen-bond donors (Lipinski definition) is 0. The van der Waals surface area contributed by atoms with Gasteiger partial charge in [-0.1, -0.05) is 31.5 Å². The van der Waals surface area contributed by atoms with Crippen LogP contribution in [0.5, 0.6) is 0 Å². The Bertz CT molecular complexity index is 430. The quantitative estimate of drug-likeness (QED) is 0.708. The van der Waals surface area contributed by atoms with Gasteiger partial charge in [-0.15, -0.1) is 11.6 Å². The normalized spacial score (nSPS) is 10.8. The number of rotatable bonds is 6. The van der Waals surface area contributed by atoms with Crippen molar-refractivity contribution in [2.75, 3.05) is 12.4 Å². The second-order valence-corrected chi connectivity index (χ2v) is 5.36. The Balaban J connectivity index is 3.08. The molecule has 0 aliphatic rings. The highest BCUT2D eigenvalue weighted by molar-refractivity contribution is 6.31. The number of carbonyl (C=O) groups excluding carboxylic acids is 1. The molecule has 0 unspecified atom stereocenters. The average Bonchev–Trinajstić information content (AvgIpc) is 2.41. The van der Waals surface area contributed by atoms with Crippen LogP contribution in [-0.2, 0) is 0 Å². The molecule has 0 saturated carbocycles. The minimum Gasteiger partial charge on any atom is -0.334 e. The van der Waals surface area contributed by atoms with Gasteiger partial charge in [-0.25, -0.2) is 0 Å². The summed E-state index contributed by atoms with van der Waals surface area (Å²) in [5.74, 6) is 0.469. The maximum absolute atomic E-state index is 12.7. The van der Waals surface area contributed by atoms with Gasteiger partial charge in [-0.2, -0.15) is 0 Å². The third-order valence-electron chi connectivity index (χ3n) is 3.47. The van der Waals surface area contributed by atoms with Crippen LogP contribution in [-0.4, -0.2) is 29.3 Å². The van der Waals surface area contributed by atoms with Gasteiger partial charge in [0.2, 0.25) is 0 Å². The zero-order chi connectivity index (χ0) is 14.4. The Hall–Kier alpha value is -0.730. The van der Waals surface area contributed by atoms with Crippen LogP contribution in [0.3, 0.4) is 0 Å². The molecule has 0 aromatic heterocycles. The van der Waals surface area contributed by atoms with Crippen molar-refractivity contribution in [2.24, 2.45) is 0 Å². The van der Waals surface area contributed by atoms with Gasteiger partial charge in [-0.05, 0) is 37.5 Å². The van der Waals surface area contributed by atoms with E-state index in [1.807, 2.05) is 24.0 Å². The number of halogens is 2. The maximum Gasteiger partial charge on any atom is 0.254 e. The number of carbonyl (C=O) groups is 1. The topological polar surface area (TPSA) is 20.3 Å². The van der Waals surface area contributed by atoms with Crippen LogP contribution in [0.2, 0.25) is 5.02 Å². The number of benzene rings is 1. The average molecular weight is 302 g/mol. The zero-order valence-corrected chi connectivity index (χ0v) is 13.3. The number of hydrogen-bond acceptors (Lipinski definition) is 1. The van der Waals surface area contributed by atoms with E-state index in [2.05, 4.69) is 13.8 Å². The van der Waals surface area contributed by atoms with E-state index >= 15 is 0 Å². The van der Waals surface area contributed by atoms with Gasteiger partial charge in [0.25, 0.3) is 5.91 Å². The van der Waals surface area contributed by atoms with Crippen molar-refractivity contribution < 1.29 is 4.79 Å². The fourth-order valence-electron chi connectivity index (χ4n) is 2.26. The van der Waals surface area contributed by atoms with Crippen LogP contribution in [0.1, 0.15) is 42.6 Å². The summed E-state index contributed by atoms with van der Waals surface area (Å²) in [4.78, 5) is 14.5. The lowest BCUT2D eigenvalue weighted by Crippen LogP contribution is -2.41. The van der Waals surface area contributed by atoms with Crippen molar-refractivity contribution in [3.63, 3.8) is 0 Å². The molecule has 0 fully saturated rings. The largest absolute Gasteiger partial charge is 0.334 e. The Morgan fingerprint density at radius 2 is 1.95 bits per heavy atom. The van der Waals surface area contributed by atoms with Gasteiger partial charge in [-0.3, -0.25) is 4.79 Å². The third kappa shape index (κ3) is 3.87. The first-order valence-electron chi connectivity index (χ1n) is 6.68. The molecule has 4 heteroatoms. The van der Waals surface area contributed by atoms with E-state index in [9.17, 15) is 4.79 Å². The molecule has 0 radical (unpaired) electrons. The molecule has 1 rings (SSSR count). The van der Waals surface area contributed by atoms with Crippen molar-refractivity contribution >= 4 is 29.1 Å². The van der Waals surface area contributed by atoms with E-state index < -0.39 is 0 Å². The number of amides is 1. The Labute approximate surface area is 125 Å². The van der Waals surface area contributed by atoms with E-state index in [1.165, 1.54) is 0 Å². The molecule has 0 saturated heterocycles. The lowest BCUT2D eigenvalue weighted by Gasteiger charge is -2.30. The molecule has 0 spiro atoms. The molecule has 0 heterocycles. The highest BCUT2D eigenvalue weighted by atomic mass is 35.5. The molecule has 0 atom stereocenters. The number of alkyl halides is 1. The molecular formula is C15H21Cl2NO. The van der Waals surface area contributed by atoms with Gasteiger partial charge < -0.3 is 4.90 Å². The Morgan fingerprint density at radius 1 is 1.32 bits per heavy atom. The predicted octanol–water partition coefficient (Wildman–Crippen LogP) is 4.52. The SMILES string of the molecule is CCC(CC)N(CCCl)C(=O)c1cccc(Cl)c1C. The molecule has 106 valence electrons. The minimum atomic E-state index is 0.0225. The minimum absolute atomic E-state index is 0.0225. The zero-order valence-electron chi connectivity index (χ0n) is 11.7. The van der Waals surface area contributed by atoms with Crippen LogP contribution in [0, 0.1) is 6.92 Å². The molecular weight excluding hydrogens is 281 g/mol. The van der Waals surface area contributed by atoms with Crippen LogP contribution in [0.25, 0.3) is 0 Å². The molecule has 1 amide bonds. The van der Waals surface area contributed by atoms with Crippen molar-refractivity contribution in [3.8, 4) is 0 Å². The van der Waals surface area contributed by atoms with E-state index in [0.717, 1.165) is 18.4 Å². The van der Waals surface area contributed by atoms with Crippen LogP contribution in [0.15, 0.2) is 18.2 Å². The molecule has 0 bridgehead atoms. The lowest BCUT2D eigenvalue weighted by atomic mass is 10.0. The number of nitrogens with zero attached hydrogens (tertiary/aromatic N) is 1. The van der Waals surface area contributed by atoms with Crippen LogP contribution < -0.4 is 0 Å². The second-order valence-electron chi connectivity index (χ2n) is 4.57. The van der Waals surface area contributed by atoms with Crippen LogP contribution >= 0.6 is 23.2 Å². The standard InChI is InChI=1S/C15H21Cl2NO/c1-4-12(5-2)18(10-9-16)15(19)13-7-6-8-14(17)11(13)3/h6-8,12H,4-5,9-10H2,1-3H3. The summed E-state index contributed by atoms with van der Waals surface area (Å²) in [6.07, 6.45) is 1.86. The first-order valence-corrected chi connectivity index (χ1v) is 7.60. The van der Waals surface area contributed by atoms with E-state index in [4.69, 9.17) is 23.2 Å².